The van der Waals surface area contributed by atoms with Crippen LogP contribution < -0.4 is 21.3 Å². The summed E-state index contributed by atoms with van der Waals surface area (Å²) < 4.78 is 0. The summed E-state index contributed by atoms with van der Waals surface area (Å²) in [6, 6.07) is 7.49. The van der Waals surface area contributed by atoms with Crippen molar-refractivity contribution in [2.24, 2.45) is 0 Å². The van der Waals surface area contributed by atoms with Gasteiger partial charge in [-0.25, -0.2) is 0 Å². The van der Waals surface area contributed by atoms with Crippen molar-refractivity contribution in [2.75, 3.05) is 6.54 Å². The molecule has 1 aromatic rings. The molecule has 1 fully saturated rings. The topological polar surface area (TPSA) is 133 Å². The molecule has 0 unspecified atom stereocenters. The van der Waals surface area contributed by atoms with Crippen molar-refractivity contribution < 1.29 is 24.0 Å². The second kappa shape index (κ2) is 11.4. The summed E-state index contributed by atoms with van der Waals surface area (Å²) >= 11 is 0. The molecule has 0 saturated heterocycles. The van der Waals surface area contributed by atoms with Crippen molar-refractivity contribution in [1.82, 2.24) is 21.3 Å². The Balaban J connectivity index is 1.78. The largest absolute Gasteiger partial charge is 0.347 e. The van der Waals surface area contributed by atoms with Crippen molar-refractivity contribution in [3.8, 4) is 0 Å². The zero-order chi connectivity index (χ0) is 23.7. The molecule has 32 heavy (non-hydrogen) atoms. The highest BCUT2D eigenvalue weighted by molar-refractivity contribution is 6.37. The first kappa shape index (κ1) is 25.0. The van der Waals surface area contributed by atoms with Gasteiger partial charge in [-0.1, -0.05) is 37.5 Å². The molecule has 1 aromatic carbocycles. The van der Waals surface area contributed by atoms with Gasteiger partial charge in [0.25, 0.3) is 11.8 Å². The summed E-state index contributed by atoms with van der Waals surface area (Å²) in [5.41, 5.74) is -0.874. The lowest BCUT2D eigenvalue weighted by molar-refractivity contribution is -0.138. The van der Waals surface area contributed by atoms with E-state index >= 15 is 0 Å². The van der Waals surface area contributed by atoms with E-state index in [1.165, 1.54) is 20.8 Å². The van der Waals surface area contributed by atoms with Crippen LogP contribution in [0.4, 0.5) is 0 Å². The summed E-state index contributed by atoms with van der Waals surface area (Å²) in [4.78, 5) is 61.2. The van der Waals surface area contributed by atoms with E-state index in [0.717, 1.165) is 32.1 Å². The molecule has 1 saturated carbocycles. The Labute approximate surface area is 188 Å². The number of ketones is 1. The molecule has 0 aromatic heterocycles. The second-order valence-electron chi connectivity index (χ2n) is 8.59. The number of hydrogen-bond acceptors (Lipinski definition) is 5. The molecule has 0 aliphatic heterocycles. The molecule has 9 heteroatoms. The summed E-state index contributed by atoms with van der Waals surface area (Å²) in [6.07, 6.45) is 4.88. The third-order valence-electron chi connectivity index (χ3n) is 5.39. The maximum Gasteiger partial charge on any atom is 0.289 e. The molecule has 4 amide bonds. The molecule has 0 spiro atoms. The number of rotatable bonds is 9. The Morgan fingerprint density at radius 2 is 1.62 bits per heavy atom. The molecule has 9 nitrogen and oxygen atoms in total. The number of hydrogen-bond donors (Lipinski definition) is 4. The van der Waals surface area contributed by atoms with Crippen molar-refractivity contribution in [1.29, 1.82) is 0 Å². The number of nitrogens with one attached hydrogen (secondary N) is 4. The minimum atomic E-state index is -1.28. The average molecular weight is 445 g/mol. The van der Waals surface area contributed by atoms with Crippen molar-refractivity contribution >= 4 is 29.4 Å². The minimum absolute atomic E-state index is 0.00226. The van der Waals surface area contributed by atoms with Crippen LogP contribution in [0.2, 0.25) is 0 Å². The highest BCUT2D eigenvalue weighted by Gasteiger charge is 2.32. The molecule has 2 rings (SSSR count). The van der Waals surface area contributed by atoms with Gasteiger partial charge in [-0.15, -0.1) is 0 Å². The number of carbonyl (C=O) groups is 5. The van der Waals surface area contributed by atoms with Crippen molar-refractivity contribution in [2.45, 2.75) is 70.5 Å². The minimum Gasteiger partial charge on any atom is -0.347 e. The highest BCUT2D eigenvalue weighted by atomic mass is 16.2. The number of carbonyl (C=O) groups excluding carboxylic acids is 5. The van der Waals surface area contributed by atoms with Crippen LogP contribution in [-0.2, 0) is 19.2 Å². The normalized spacial score (nSPS) is 15.2. The van der Waals surface area contributed by atoms with Crippen LogP contribution in [0.5, 0.6) is 0 Å². The fourth-order valence-electron chi connectivity index (χ4n) is 3.36. The predicted octanol–water partition coefficient (Wildman–Crippen LogP) is 0.834. The van der Waals surface area contributed by atoms with Gasteiger partial charge in [0.2, 0.25) is 17.6 Å². The lowest BCUT2D eigenvalue weighted by Crippen LogP contribution is -2.58. The maximum absolute atomic E-state index is 12.6. The molecule has 0 radical (unpaired) electrons. The van der Waals surface area contributed by atoms with Gasteiger partial charge >= 0.3 is 0 Å². The Bertz CT molecular complexity index is 847. The van der Waals surface area contributed by atoms with Crippen LogP contribution in [0.3, 0.4) is 0 Å². The van der Waals surface area contributed by atoms with E-state index in [2.05, 4.69) is 21.3 Å². The van der Waals surface area contributed by atoms with E-state index in [1.54, 1.807) is 30.3 Å². The average Bonchev–Trinajstić information content (AvgIpc) is 2.77. The first-order valence-corrected chi connectivity index (χ1v) is 10.9. The Hall–Kier alpha value is -3.23. The number of amides is 4. The fraction of sp³-hybridized carbons (Fsp3) is 0.522. The van der Waals surface area contributed by atoms with E-state index in [9.17, 15) is 24.0 Å². The van der Waals surface area contributed by atoms with Crippen LogP contribution in [0.15, 0.2) is 30.3 Å². The molecular weight excluding hydrogens is 412 g/mol. The third kappa shape index (κ3) is 7.47. The lowest BCUT2D eigenvalue weighted by Gasteiger charge is -2.27. The molecule has 1 aliphatic rings. The zero-order valence-corrected chi connectivity index (χ0v) is 18.8. The van der Waals surface area contributed by atoms with Gasteiger partial charge in [0.1, 0.15) is 11.6 Å². The van der Waals surface area contributed by atoms with Gasteiger partial charge in [0.15, 0.2) is 0 Å². The number of Topliss-reactive ketones (excluding diaryl/α,β-unsaturated/α-hetero) is 1. The third-order valence-corrected chi connectivity index (χ3v) is 5.39. The van der Waals surface area contributed by atoms with Gasteiger partial charge in [-0.05, 0) is 45.7 Å². The molecular formula is C23H32N4O5. The van der Waals surface area contributed by atoms with Gasteiger partial charge in [-0.2, -0.15) is 0 Å². The van der Waals surface area contributed by atoms with Crippen molar-refractivity contribution in [3.63, 3.8) is 0 Å². The monoisotopic (exact) mass is 444 g/mol. The molecule has 1 aliphatic carbocycles. The van der Waals surface area contributed by atoms with Crippen LogP contribution in [0.25, 0.3) is 0 Å². The zero-order valence-electron chi connectivity index (χ0n) is 18.8. The van der Waals surface area contributed by atoms with Crippen LogP contribution in [-0.4, -0.2) is 53.6 Å². The predicted molar refractivity (Wildman–Crippen MR) is 119 cm³/mol. The summed E-state index contributed by atoms with van der Waals surface area (Å²) in [6.45, 7) is 4.04. The Morgan fingerprint density at radius 3 is 2.25 bits per heavy atom. The number of benzene rings is 1. The summed E-state index contributed by atoms with van der Waals surface area (Å²) in [7, 11) is 0. The molecule has 1 atom stereocenters. The standard InChI is InChI=1S/C23H32N4O5/c1-15(19(29)24-14-18(28)21(31)26-17-12-8-5-9-13-17)25-22(32)23(2,3)27-20(30)16-10-6-4-7-11-16/h4,6-7,10-11,15,17H,5,8-9,12-14H2,1-3H3,(H,24,29)(H,25,32)(H,26,31)(H,27,30)/t15-/m0/s1. The summed E-state index contributed by atoms with van der Waals surface area (Å²) in [5, 5.41) is 10.2. The van der Waals surface area contributed by atoms with Crippen molar-refractivity contribution in [3.05, 3.63) is 35.9 Å². The maximum atomic E-state index is 12.6. The van der Waals surface area contributed by atoms with Crippen LogP contribution in [0.1, 0.15) is 63.2 Å². The smallest absolute Gasteiger partial charge is 0.289 e. The Morgan fingerprint density at radius 1 is 1.00 bits per heavy atom. The quantitative estimate of drug-likeness (QED) is 0.419. The second-order valence-corrected chi connectivity index (χ2v) is 8.59. The van der Waals surface area contributed by atoms with E-state index in [1.807, 2.05) is 0 Å². The first-order chi connectivity index (χ1) is 15.1. The Kier molecular flexibility index (Phi) is 8.92. The summed E-state index contributed by atoms with van der Waals surface area (Å²) in [5.74, 6) is -3.04. The van der Waals surface area contributed by atoms with Gasteiger partial charge in [-0.3, -0.25) is 24.0 Å². The van der Waals surface area contributed by atoms with E-state index in [0.29, 0.717) is 5.56 Å². The fourth-order valence-corrected chi connectivity index (χ4v) is 3.36. The van der Waals surface area contributed by atoms with E-state index < -0.39 is 47.5 Å². The SMILES string of the molecule is C[C@H](NC(=O)C(C)(C)NC(=O)c1ccccc1)C(=O)NCC(=O)C(=O)NC1CCCCC1. The van der Waals surface area contributed by atoms with Gasteiger partial charge in [0.05, 0.1) is 6.54 Å². The van der Waals surface area contributed by atoms with Crippen LogP contribution in [0, 0.1) is 0 Å². The van der Waals surface area contributed by atoms with E-state index in [-0.39, 0.29) is 6.04 Å². The lowest BCUT2D eigenvalue weighted by atomic mass is 9.95. The first-order valence-electron chi connectivity index (χ1n) is 10.9. The molecule has 4 N–H and O–H groups in total. The highest BCUT2D eigenvalue weighted by Crippen LogP contribution is 2.17. The van der Waals surface area contributed by atoms with Gasteiger partial charge in [0, 0.05) is 11.6 Å². The van der Waals surface area contributed by atoms with Crippen LogP contribution >= 0.6 is 0 Å². The van der Waals surface area contributed by atoms with Gasteiger partial charge < -0.3 is 21.3 Å². The molecule has 0 heterocycles. The van der Waals surface area contributed by atoms with E-state index in [4.69, 9.17) is 0 Å². The molecule has 174 valence electrons. The molecule has 0 bridgehead atoms.